The van der Waals surface area contributed by atoms with Gasteiger partial charge in [0.05, 0.1) is 29.2 Å². The molecule has 4 nitrogen and oxygen atoms in total. The van der Waals surface area contributed by atoms with Crippen LogP contribution in [0, 0.1) is 0 Å². The number of carbonyl (C=O) groups excluding carboxylic acids is 1. The van der Waals surface area contributed by atoms with E-state index in [1.165, 1.54) is 7.11 Å². The number of rotatable bonds is 5. The predicted octanol–water partition coefficient (Wildman–Crippen LogP) is 2.53. The van der Waals surface area contributed by atoms with Gasteiger partial charge in [-0.25, -0.2) is 0 Å². The number of methoxy groups -OCH3 is 1. The molecule has 1 aromatic carbocycles. The average molecular weight is 284 g/mol. The SMILES string of the molecule is COc1ccccc1S(=O)CCC(=O)OC(C)(C)C. The first-order valence-corrected chi connectivity index (χ1v) is 7.38. The second kappa shape index (κ2) is 6.70. The standard InChI is InChI=1S/C14H20O4S/c1-14(2,3)18-13(15)9-10-19(16)12-8-6-5-7-11(12)17-4/h5-8H,9-10H2,1-4H3. The van der Waals surface area contributed by atoms with E-state index in [2.05, 4.69) is 0 Å². The highest BCUT2D eigenvalue weighted by Crippen LogP contribution is 2.21. The lowest BCUT2D eigenvalue weighted by Crippen LogP contribution is -2.24. The summed E-state index contributed by atoms with van der Waals surface area (Å²) < 4.78 is 22.4. The number of ether oxygens (including phenoxy) is 2. The summed E-state index contributed by atoms with van der Waals surface area (Å²) in [6.07, 6.45) is 0.127. The van der Waals surface area contributed by atoms with Gasteiger partial charge in [-0.2, -0.15) is 0 Å². The van der Waals surface area contributed by atoms with E-state index < -0.39 is 16.4 Å². The molecular formula is C14H20O4S. The number of para-hydroxylation sites is 1. The van der Waals surface area contributed by atoms with Crippen LogP contribution in [-0.4, -0.2) is 28.6 Å². The molecule has 0 saturated heterocycles. The second-order valence-electron chi connectivity index (χ2n) is 5.04. The molecule has 0 saturated carbocycles. The minimum atomic E-state index is -1.27. The number of benzene rings is 1. The summed E-state index contributed by atoms with van der Waals surface area (Å²) in [6, 6.07) is 7.10. The Morgan fingerprint density at radius 2 is 1.89 bits per heavy atom. The zero-order valence-corrected chi connectivity index (χ0v) is 12.6. The molecule has 5 heteroatoms. The summed E-state index contributed by atoms with van der Waals surface area (Å²) in [6.45, 7) is 5.42. The highest BCUT2D eigenvalue weighted by molar-refractivity contribution is 7.85. The molecule has 0 spiro atoms. The minimum Gasteiger partial charge on any atom is -0.495 e. The molecule has 0 aliphatic heterocycles. The molecule has 19 heavy (non-hydrogen) atoms. The fourth-order valence-corrected chi connectivity index (χ4v) is 2.66. The smallest absolute Gasteiger partial charge is 0.307 e. The van der Waals surface area contributed by atoms with Gasteiger partial charge in [0, 0.05) is 5.75 Å². The van der Waals surface area contributed by atoms with Crippen molar-refractivity contribution in [3.8, 4) is 5.75 Å². The van der Waals surface area contributed by atoms with Gasteiger partial charge < -0.3 is 9.47 Å². The van der Waals surface area contributed by atoms with Gasteiger partial charge in [0.1, 0.15) is 11.4 Å². The maximum Gasteiger partial charge on any atom is 0.307 e. The quantitative estimate of drug-likeness (QED) is 0.780. The Morgan fingerprint density at radius 3 is 2.47 bits per heavy atom. The molecule has 0 radical (unpaired) electrons. The minimum absolute atomic E-state index is 0.127. The van der Waals surface area contributed by atoms with E-state index in [1.807, 2.05) is 26.8 Å². The topological polar surface area (TPSA) is 52.6 Å². The van der Waals surface area contributed by atoms with Gasteiger partial charge in [-0.3, -0.25) is 9.00 Å². The van der Waals surface area contributed by atoms with Gasteiger partial charge in [0.2, 0.25) is 0 Å². The molecule has 0 aliphatic carbocycles. The van der Waals surface area contributed by atoms with Crippen LogP contribution in [0.3, 0.4) is 0 Å². The van der Waals surface area contributed by atoms with Crippen LogP contribution in [0.4, 0.5) is 0 Å². The zero-order valence-electron chi connectivity index (χ0n) is 11.8. The molecule has 106 valence electrons. The monoisotopic (exact) mass is 284 g/mol. The van der Waals surface area contributed by atoms with Crippen LogP contribution >= 0.6 is 0 Å². The lowest BCUT2D eigenvalue weighted by molar-refractivity contribution is -0.154. The highest BCUT2D eigenvalue weighted by Gasteiger charge is 2.18. The first-order valence-electron chi connectivity index (χ1n) is 6.07. The fraction of sp³-hybridized carbons (Fsp3) is 0.500. The first-order chi connectivity index (χ1) is 8.83. The van der Waals surface area contributed by atoms with Crippen LogP contribution in [0.2, 0.25) is 0 Å². The predicted molar refractivity (Wildman–Crippen MR) is 74.7 cm³/mol. The van der Waals surface area contributed by atoms with Gasteiger partial charge >= 0.3 is 5.97 Å². The van der Waals surface area contributed by atoms with Crippen molar-refractivity contribution >= 4 is 16.8 Å². The Hall–Kier alpha value is -1.36. The molecule has 0 N–H and O–H groups in total. The van der Waals surface area contributed by atoms with Gasteiger partial charge in [-0.1, -0.05) is 12.1 Å². The summed E-state index contributed by atoms with van der Waals surface area (Å²) in [7, 11) is 0.262. The van der Waals surface area contributed by atoms with Crippen molar-refractivity contribution in [1.29, 1.82) is 0 Å². The Kier molecular flexibility index (Phi) is 5.54. The van der Waals surface area contributed by atoms with Gasteiger partial charge in [-0.15, -0.1) is 0 Å². The molecule has 1 atom stereocenters. The average Bonchev–Trinajstić information content (AvgIpc) is 2.33. The van der Waals surface area contributed by atoms with E-state index in [9.17, 15) is 9.00 Å². The molecule has 0 heterocycles. The number of hydrogen-bond acceptors (Lipinski definition) is 4. The molecule has 0 aromatic heterocycles. The van der Waals surface area contributed by atoms with Gasteiger partial charge in [0.25, 0.3) is 0 Å². The second-order valence-corrected chi connectivity index (χ2v) is 6.58. The summed E-state index contributed by atoms with van der Waals surface area (Å²) in [5.41, 5.74) is -0.511. The van der Waals surface area contributed by atoms with Crippen molar-refractivity contribution in [1.82, 2.24) is 0 Å². The normalized spacial score (nSPS) is 12.8. The maximum absolute atomic E-state index is 12.1. The third-order valence-electron chi connectivity index (χ3n) is 2.23. The Morgan fingerprint density at radius 1 is 1.26 bits per heavy atom. The van der Waals surface area contributed by atoms with Crippen molar-refractivity contribution < 1.29 is 18.5 Å². The number of carbonyl (C=O) groups is 1. The Balaban J connectivity index is 2.59. The number of hydrogen-bond donors (Lipinski definition) is 0. The first kappa shape index (κ1) is 15.7. The molecular weight excluding hydrogens is 264 g/mol. The van der Waals surface area contributed by atoms with Crippen molar-refractivity contribution in [2.24, 2.45) is 0 Å². The maximum atomic E-state index is 12.1. The highest BCUT2D eigenvalue weighted by atomic mass is 32.2. The lowest BCUT2D eigenvalue weighted by atomic mass is 10.2. The summed E-state index contributed by atoms with van der Waals surface area (Å²) in [5, 5.41) is 0. The molecule has 0 aliphatic rings. The van der Waals surface area contributed by atoms with Crippen LogP contribution in [0.1, 0.15) is 27.2 Å². The van der Waals surface area contributed by atoms with Gasteiger partial charge in [-0.05, 0) is 32.9 Å². The fourth-order valence-electron chi connectivity index (χ4n) is 1.49. The molecule has 1 aromatic rings. The third kappa shape index (κ3) is 5.42. The van der Waals surface area contributed by atoms with Crippen LogP contribution in [0.25, 0.3) is 0 Å². The molecule has 0 fully saturated rings. The molecule has 0 bridgehead atoms. The van der Waals surface area contributed by atoms with E-state index in [4.69, 9.17) is 9.47 Å². The van der Waals surface area contributed by atoms with Gasteiger partial charge in [0.15, 0.2) is 0 Å². The van der Waals surface area contributed by atoms with Crippen molar-refractivity contribution in [2.45, 2.75) is 37.7 Å². The van der Waals surface area contributed by atoms with E-state index in [0.717, 1.165) is 0 Å². The van der Waals surface area contributed by atoms with Crippen molar-refractivity contribution in [3.63, 3.8) is 0 Å². The van der Waals surface area contributed by atoms with E-state index in [-0.39, 0.29) is 18.1 Å². The lowest BCUT2D eigenvalue weighted by Gasteiger charge is -2.19. The Labute approximate surface area is 116 Å². The largest absolute Gasteiger partial charge is 0.495 e. The molecule has 0 amide bonds. The summed E-state index contributed by atoms with van der Waals surface area (Å²) in [5.74, 6) is 0.468. The molecule has 1 unspecified atom stereocenters. The molecule has 1 rings (SSSR count). The van der Waals surface area contributed by atoms with E-state index in [0.29, 0.717) is 10.6 Å². The van der Waals surface area contributed by atoms with Crippen LogP contribution < -0.4 is 4.74 Å². The summed E-state index contributed by atoms with van der Waals surface area (Å²) in [4.78, 5) is 12.2. The van der Waals surface area contributed by atoms with E-state index >= 15 is 0 Å². The summed E-state index contributed by atoms with van der Waals surface area (Å²) >= 11 is 0. The van der Waals surface area contributed by atoms with Crippen molar-refractivity contribution in [3.05, 3.63) is 24.3 Å². The van der Waals surface area contributed by atoms with E-state index in [1.54, 1.807) is 18.2 Å². The van der Waals surface area contributed by atoms with Crippen LogP contribution in [0.5, 0.6) is 5.75 Å². The van der Waals surface area contributed by atoms with Crippen LogP contribution in [0.15, 0.2) is 29.2 Å². The Bertz CT molecular complexity index is 463. The zero-order chi connectivity index (χ0) is 14.5. The third-order valence-corrected chi connectivity index (χ3v) is 3.63. The van der Waals surface area contributed by atoms with Crippen molar-refractivity contribution in [2.75, 3.05) is 12.9 Å². The number of esters is 1. The van der Waals surface area contributed by atoms with Crippen LogP contribution in [-0.2, 0) is 20.3 Å².